The second-order valence-electron chi connectivity index (χ2n) is 9.39. The molecule has 0 saturated carbocycles. The zero-order valence-corrected chi connectivity index (χ0v) is 21.0. The van der Waals surface area contributed by atoms with Crippen molar-refractivity contribution in [3.05, 3.63) is 139 Å². The number of benzene rings is 5. The highest BCUT2D eigenvalue weighted by Gasteiger charge is 2.23. The van der Waals surface area contributed by atoms with Crippen LogP contribution in [0.2, 0.25) is 0 Å². The lowest BCUT2D eigenvalue weighted by Gasteiger charge is -2.19. The topological polar surface area (TPSA) is 54.5 Å². The molecule has 0 saturated heterocycles. The van der Waals surface area contributed by atoms with Gasteiger partial charge in [0, 0.05) is 27.5 Å². The molecule has 0 fully saturated rings. The van der Waals surface area contributed by atoms with Crippen molar-refractivity contribution < 1.29 is 0 Å². The number of rotatable bonds is 4. The number of hydrogen-bond donors (Lipinski definition) is 0. The Morgan fingerprint density at radius 1 is 0.513 bits per heavy atom. The Hall–Kier alpha value is -5.53. The Balaban J connectivity index is 1.68. The van der Waals surface area contributed by atoms with E-state index >= 15 is 0 Å². The number of aromatic nitrogens is 3. The molecule has 7 rings (SSSR count). The SMILES string of the molecule is N#Cc1ccc2c(c1)c1ccccc1n2-c1c(-c2ccccc2)nc(-c2ccccc2)nc1-c1ccccc1. The summed E-state index contributed by atoms with van der Waals surface area (Å²) >= 11 is 0. The average Bonchev–Trinajstić information content (AvgIpc) is 3.35. The Morgan fingerprint density at radius 3 is 1.62 bits per heavy atom. The molecule has 2 heterocycles. The zero-order valence-electron chi connectivity index (χ0n) is 21.0. The molecule has 7 aromatic rings. The summed E-state index contributed by atoms with van der Waals surface area (Å²) in [6.07, 6.45) is 0. The number of hydrogen-bond acceptors (Lipinski definition) is 3. The van der Waals surface area contributed by atoms with Crippen LogP contribution in [0.15, 0.2) is 133 Å². The van der Waals surface area contributed by atoms with Gasteiger partial charge in [0.2, 0.25) is 0 Å². The number of para-hydroxylation sites is 1. The van der Waals surface area contributed by atoms with Crippen LogP contribution in [0, 0.1) is 11.3 Å². The minimum atomic E-state index is 0.632. The van der Waals surface area contributed by atoms with Crippen LogP contribution in [0.1, 0.15) is 5.56 Å². The van der Waals surface area contributed by atoms with Crippen molar-refractivity contribution in [1.29, 1.82) is 5.26 Å². The Morgan fingerprint density at radius 2 is 1.03 bits per heavy atom. The summed E-state index contributed by atoms with van der Waals surface area (Å²) in [6.45, 7) is 0. The van der Waals surface area contributed by atoms with Gasteiger partial charge in [-0.15, -0.1) is 0 Å². The summed E-state index contributed by atoms with van der Waals surface area (Å²) in [5, 5.41) is 11.7. The van der Waals surface area contributed by atoms with E-state index in [0.29, 0.717) is 11.4 Å². The van der Waals surface area contributed by atoms with Gasteiger partial charge in [0.15, 0.2) is 5.82 Å². The van der Waals surface area contributed by atoms with Gasteiger partial charge in [-0.3, -0.25) is 0 Å². The standard InChI is InChI=1S/C35H22N4/c36-23-24-20-21-31-29(22-24)28-18-10-11-19-30(28)39(31)34-32(25-12-4-1-5-13-25)37-35(27-16-8-3-9-17-27)38-33(34)26-14-6-2-7-15-26/h1-22H. The summed E-state index contributed by atoms with van der Waals surface area (Å²) in [4.78, 5) is 10.4. The maximum Gasteiger partial charge on any atom is 0.160 e. The van der Waals surface area contributed by atoms with Gasteiger partial charge in [-0.1, -0.05) is 109 Å². The first-order chi connectivity index (χ1) is 19.3. The first kappa shape index (κ1) is 22.7. The predicted octanol–water partition coefficient (Wildman–Crippen LogP) is 8.45. The number of nitriles is 1. The third-order valence-corrected chi connectivity index (χ3v) is 7.04. The molecular formula is C35H22N4. The molecule has 0 N–H and O–H groups in total. The van der Waals surface area contributed by atoms with E-state index < -0.39 is 0 Å². The van der Waals surface area contributed by atoms with Crippen molar-refractivity contribution in [3.8, 4) is 45.7 Å². The molecule has 4 nitrogen and oxygen atoms in total. The highest BCUT2D eigenvalue weighted by atomic mass is 15.0. The van der Waals surface area contributed by atoms with Crippen LogP contribution in [0.25, 0.3) is 61.4 Å². The molecular weight excluding hydrogens is 476 g/mol. The molecule has 4 heteroatoms. The van der Waals surface area contributed by atoms with Crippen LogP contribution >= 0.6 is 0 Å². The molecule has 0 amide bonds. The van der Waals surface area contributed by atoms with Gasteiger partial charge >= 0.3 is 0 Å². The molecule has 5 aromatic carbocycles. The highest BCUT2D eigenvalue weighted by Crippen LogP contribution is 2.40. The van der Waals surface area contributed by atoms with Crippen molar-refractivity contribution in [1.82, 2.24) is 14.5 Å². The second kappa shape index (κ2) is 9.41. The van der Waals surface area contributed by atoms with Crippen molar-refractivity contribution >= 4 is 21.8 Å². The van der Waals surface area contributed by atoms with Crippen LogP contribution in [-0.4, -0.2) is 14.5 Å². The summed E-state index contributed by atoms with van der Waals surface area (Å²) in [7, 11) is 0. The number of nitrogens with zero attached hydrogens (tertiary/aromatic N) is 4. The smallest absolute Gasteiger partial charge is 0.160 e. The molecule has 0 aliphatic heterocycles. The molecule has 0 unspecified atom stereocenters. The minimum absolute atomic E-state index is 0.632. The van der Waals surface area contributed by atoms with Gasteiger partial charge in [-0.25, -0.2) is 9.97 Å². The fourth-order valence-electron chi connectivity index (χ4n) is 5.26. The van der Waals surface area contributed by atoms with Crippen molar-refractivity contribution in [3.63, 3.8) is 0 Å². The predicted molar refractivity (Wildman–Crippen MR) is 157 cm³/mol. The zero-order chi connectivity index (χ0) is 26.2. The third-order valence-electron chi connectivity index (χ3n) is 7.04. The molecule has 39 heavy (non-hydrogen) atoms. The second-order valence-corrected chi connectivity index (χ2v) is 9.39. The van der Waals surface area contributed by atoms with E-state index in [1.54, 1.807) is 0 Å². The van der Waals surface area contributed by atoms with Gasteiger partial charge < -0.3 is 4.57 Å². The van der Waals surface area contributed by atoms with E-state index in [1.807, 2.05) is 97.1 Å². The Bertz CT molecular complexity index is 1940. The highest BCUT2D eigenvalue weighted by molar-refractivity contribution is 6.10. The largest absolute Gasteiger partial charge is 0.305 e. The lowest BCUT2D eigenvalue weighted by atomic mass is 10.0. The summed E-state index contributed by atoms with van der Waals surface area (Å²) in [6, 6.07) is 47.2. The van der Waals surface area contributed by atoms with E-state index in [9.17, 15) is 5.26 Å². The van der Waals surface area contributed by atoms with E-state index in [0.717, 1.165) is 55.6 Å². The van der Waals surface area contributed by atoms with Gasteiger partial charge in [0.05, 0.1) is 39.7 Å². The van der Waals surface area contributed by atoms with E-state index in [2.05, 4.69) is 47.0 Å². The lowest BCUT2D eigenvalue weighted by Crippen LogP contribution is -2.06. The molecule has 0 spiro atoms. The molecule has 0 radical (unpaired) electrons. The van der Waals surface area contributed by atoms with Gasteiger partial charge in [-0.2, -0.15) is 5.26 Å². The van der Waals surface area contributed by atoms with E-state index in [1.165, 1.54) is 0 Å². The van der Waals surface area contributed by atoms with Crippen LogP contribution in [0.4, 0.5) is 0 Å². The van der Waals surface area contributed by atoms with E-state index in [-0.39, 0.29) is 0 Å². The molecule has 182 valence electrons. The maximum absolute atomic E-state index is 9.64. The first-order valence-electron chi connectivity index (χ1n) is 12.8. The molecule has 0 aliphatic rings. The quantitative estimate of drug-likeness (QED) is 0.245. The normalized spacial score (nSPS) is 11.1. The van der Waals surface area contributed by atoms with Crippen molar-refractivity contribution in [2.24, 2.45) is 0 Å². The summed E-state index contributed by atoms with van der Waals surface area (Å²) in [5.41, 5.74) is 8.22. The Kier molecular flexibility index (Phi) is 5.46. The van der Waals surface area contributed by atoms with E-state index in [4.69, 9.17) is 9.97 Å². The van der Waals surface area contributed by atoms with Gasteiger partial charge in [0.25, 0.3) is 0 Å². The van der Waals surface area contributed by atoms with Crippen LogP contribution in [0.3, 0.4) is 0 Å². The van der Waals surface area contributed by atoms with Crippen LogP contribution < -0.4 is 0 Å². The Labute approximate surface area is 226 Å². The summed E-state index contributed by atoms with van der Waals surface area (Å²) in [5.74, 6) is 0.671. The fourth-order valence-corrected chi connectivity index (χ4v) is 5.26. The number of fused-ring (bicyclic) bond motifs is 3. The molecule has 2 aromatic heterocycles. The van der Waals surface area contributed by atoms with Gasteiger partial charge in [-0.05, 0) is 24.3 Å². The third kappa shape index (κ3) is 3.85. The van der Waals surface area contributed by atoms with Crippen molar-refractivity contribution in [2.45, 2.75) is 0 Å². The minimum Gasteiger partial charge on any atom is -0.305 e. The van der Waals surface area contributed by atoms with Gasteiger partial charge in [0.1, 0.15) is 0 Å². The molecule has 0 bridgehead atoms. The average molecular weight is 499 g/mol. The van der Waals surface area contributed by atoms with Crippen LogP contribution in [-0.2, 0) is 0 Å². The fraction of sp³-hybridized carbons (Fsp3) is 0. The van der Waals surface area contributed by atoms with Crippen LogP contribution in [0.5, 0.6) is 0 Å². The first-order valence-corrected chi connectivity index (χ1v) is 12.8. The maximum atomic E-state index is 9.64. The van der Waals surface area contributed by atoms with Crippen molar-refractivity contribution in [2.75, 3.05) is 0 Å². The monoisotopic (exact) mass is 498 g/mol. The molecule has 0 atom stereocenters. The molecule has 0 aliphatic carbocycles. The lowest BCUT2D eigenvalue weighted by molar-refractivity contribution is 1.09. The summed E-state index contributed by atoms with van der Waals surface area (Å²) < 4.78 is 2.26.